The van der Waals surface area contributed by atoms with Gasteiger partial charge in [0.2, 0.25) is 0 Å². The van der Waals surface area contributed by atoms with Crippen molar-refractivity contribution in [3.8, 4) is 17.2 Å². The Morgan fingerprint density at radius 2 is 2.06 bits per heavy atom. The van der Waals surface area contributed by atoms with Crippen molar-refractivity contribution in [1.29, 1.82) is 0 Å². The molecule has 0 fully saturated rings. The van der Waals surface area contributed by atoms with Gasteiger partial charge in [0, 0.05) is 12.5 Å². The molecule has 94 valence electrons. The van der Waals surface area contributed by atoms with Gasteiger partial charge in [0.15, 0.2) is 11.5 Å². The lowest BCUT2D eigenvalue weighted by Gasteiger charge is -2.19. The molecule has 1 aromatic carbocycles. The maximum Gasteiger partial charge on any atom is 0.163 e. The molecule has 1 aromatic heterocycles. The van der Waals surface area contributed by atoms with Crippen LogP contribution in [-0.4, -0.2) is 34.5 Å². The maximum atomic E-state index is 5.56. The van der Waals surface area contributed by atoms with Gasteiger partial charge in [-0.2, -0.15) is 0 Å². The molecular formula is C12H14N4O2. The van der Waals surface area contributed by atoms with E-state index in [9.17, 15) is 0 Å². The van der Waals surface area contributed by atoms with Crippen molar-refractivity contribution in [2.75, 3.05) is 19.8 Å². The maximum absolute atomic E-state index is 5.56. The third-order valence-corrected chi connectivity index (χ3v) is 2.79. The summed E-state index contributed by atoms with van der Waals surface area (Å²) in [7, 11) is 0. The Kier molecular flexibility index (Phi) is 2.85. The van der Waals surface area contributed by atoms with E-state index in [1.807, 2.05) is 22.8 Å². The summed E-state index contributed by atoms with van der Waals surface area (Å²) in [5, 5.41) is 7.97. The Bertz CT molecular complexity index is 553. The summed E-state index contributed by atoms with van der Waals surface area (Å²) < 4.78 is 13.0. The van der Waals surface area contributed by atoms with E-state index in [-0.39, 0.29) is 0 Å². The van der Waals surface area contributed by atoms with Gasteiger partial charge in [0.05, 0.1) is 5.69 Å². The quantitative estimate of drug-likeness (QED) is 0.855. The van der Waals surface area contributed by atoms with E-state index < -0.39 is 0 Å². The van der Waals surface area contributed by atoms with Crippen LogP contribution in [0.25, 0.3) is 5.69 Å². The number of nitrogens with zero attached hydrogens (tertiary/aromatic N) is 3. The molecule has 2 heterocycles. The molecule has 0 unspecified atom stereocenters. The van der Waals surface area contributed by atoms with Crippen LogP contribution in [0.5, 0.6) is 11.5 Å². The van der Waals surface area contributed by atoms with Crippen LogP contribution in [0.1, 0.15) is 5.82 Å². The van der Waals surface area contributed by atoms with Crippen LogP contribution in [0.15, 0.2) is 24.5 Å². The highest BCUT2D eigenvalue weighted by Gasteiger charge is 2.13. The summed E-state index contributed by atoms with van der Waals surface area (Å²) in [6.45, 7) is 1.72. The molecule has 0 saturated heterocycles. The molecule has 0 atom stereocenters. The molecule has 1 aliphatic heterocycles. The second-order valence-corrected chi connectivity index (χ2v) is 3.98. The summed E-state index contributed by atoms with van der Waals surface area (Å²) >= 11 is 0. The van der Waals surface area contributed by atoms with Gasteiger partial charge >= 0.3 is 0 Å². The monoisotopic (exact) mass is 246 g/mol. The van der Waals surface area contributed by atoms with Crippen LogP contribution in [-0.2, 0) is 6.42 Å². The van der Waals surface area contributed by atoms with E-state index in [4.69, 9.17) is 15.2 Å². The molecule has 0 amide bonds. The zero-order valence-corrected chi connectivity index (χ0v) is 9.87. The molecule has 0 bridgehead atoms. The minimum Gasteiger partial charge on any atom is -0.486 e. The number of ether oxygens (including phenoxy) is 2. The molecule has 0 spiro atoms. The number of nitrogens with two attached hydrogens (primary N) is 1. The van der Waals surface area contributed by atoms with Crippen molar-refractivity contribution >= 4 is 0 Å². The van der Waals surface area contributed by atoms with Gasteiger partial charge < -0.3 is 15.2 Å². The molecule has 6 nitrogen and oxygen atoms in total. The van der Waals surface area contributed by atoms with Crippen molar-refractivity contribution in [3.05, 3.63) is 30.4 Å². The minimum absolute atomic E-state index is 0.545. The van der Waals surface area contributed by atoms with Crippen LogP contribution in [0.3, 0.4) is 0 Å². The smallest absolute Gasteiger partial charge is 0.163 e. The first-order valence-corrected chi connectivity index (χ1v) is 5.87. The fourth-order valence-electron chi connectivity index (χ4n) is 1.96. The number of aromatic nitrogens is 3. The topological polar surface area (TPSA) is 75.2 Å². The number of benzene rings is 1. The Balaban J connectivity index is 1.98. The van der Waals surface area contributed by atoms with E-state index in [1.54, 1.807) is 6.33 Å². The predicted molar refractivity (Wildman–Crippen MR) is 65.1 cm³/mol. The average Bonchev–Trinajstić information content (AvgIpc) is 2.87. The third-order valence-electron chi connectivity index (χ3n) is 2.79. The van der Waals surface area contributed by atoms with Gasteiger partial charge in [-0.25, -0.2) is 0 Å². The summed E-state index contributed by atoms with van der Waals surface area (Å²) in [6, 6.07) is 5.78. The largest absolute Gasteiger partial charge is 0.486 e. The van der Waals surface area contributed by atoms with E-state index >= 15 is 0 Å². The first-order valence-electron chi connectivity index (χ1n) is 5.87. The summed E-state index contributed by atoms with van der Waals surface area (Å²) in [6.07, 6.45) is 2.37. The Labute approximate surface area is 104 Å². The molecule has 0 aliphatic carbocycles. The minimum atomic E-state index is 0.545. The lowest BCUT2D eigenvalue weighted by atomic mass is 10.2. The summed E-state index contributed by atoms with van der Waals surface area (Å²) in [5.41, 5.74) is 6.50. The zero-order chi connectivity index (χ0) is 12.4. The van der Waals surface area contributed by atoms with Gasteiger partial charge in [-0.15, -0.1) is 10.2 Å². The predicted octanol–water partition coefficient (Wildman–Crippen LogP) is 0.540. The molecule has 0 saturated carbocycles. The first-order chi connectivity index (χ1) is 8.88. The van der Waals surface area contributed by atoms with E-state index in [2.05, 4.69) is 10.2 Å². The van der Waals surface area contributed by atoms with Crippen LogP contribution in [0.2, 0.25) is 0 Å². The standard InChI is InChI=1S/C12H14N4O2/c13-4-3-12-15-14-8-16(12)9-1-2-10-11(7-9)18-6-5-17-10/h1-2,7-8H,3-6,13H2. The molecular weight excluding hydrogens is 232 g/mol. The molecule has 1 aliphatic rings. The van der Waals surface area contributed by atoms with Crippen LogP contribution in [0, 0.1) is 0 Å². The molecule has 0 radical (unpaired) electrons. The van der Waals surface area contributed by atoms with Crippen LogP contribution < -0.4 is 15.2 Å². The highest BCUT2D eigenvalue weighted by Crippen LogP contribution is 2.32. The van der Waals surface area contributed by atoms with Crippen LogP contribution >= 0.6 is 0 Å². The van der Waals surface area contributed by atoms with E-state index in [0.717, 1.165) is 23.0 Å². The molecule has 18 heavy (non-hydrogen) atoms. The zero-order valence-electron chi connectivity index (χ0n) is 9.87. The second kappa shape index (κ2) is 4.66. The number of hydrogen-bond donors (Lipinski definition) is 1. The Hall–Kier alpha value is -2.08. The van der Waals surface area contributed by atoms with Gasteiger partial charge in [0.25, 0.3) is 0 Å². The lowest BCUT2D eigenvalue weighted by Crippen LogP contribution is -2.15. The molecule has 3 rings (SSSR count). The SMILES string of the molecule is NCCc1nncn1-c1ccc2c(c1)OCCO2. The Morgan fingerprint density at radius 1 is 1.22 bits per heavy atom. The van der Waals surface area contributed by atoms with Gasteiger partial charge in [-0.05, 0) is 18.7 Å². The normalized spacial score (nSPS) is 13.6. The Morgan fingerprint density at radius 3 is 2.89 bits per heavy atom. The van der Waals surface area contributed by atoms with Crippen LogP contribution in [0.4, 0.5) is 0 Å². The fraction of sp³-hybridized carbons (Fsp3) is 0.333. The van der Waals surface area contributed by atoms with Crippen molar-refractivity contribution in [2.24, 2.45) is 5.73 Å². The highest BCUT2D eigenvalue weighted by molar-refractivity contribution is 5.49. The summed E-state index contributed by atoms with van der Waals surface area (Å²) in [4.78, 5) is 0. The second-order valence-electron chi connectivity index (χ2n) is 3.98. The van der Waals surface area contributed by atoms with Gasteiger partial charge in [0.1, 0.15) is 25.4 Å². The summed E-state index contributed by atoms with van der Waals surface area (Å²) in [5.74, 6) is 2.37. The van der Waals surface area contributed by atoms with Crippen molar-refractivity contribution in [1.82, 2.24) is 14.8 Å². The lowest BCUT2D eigenvalue weighted by molar-refractivity contribution is 0.171. The van der Waals surface area contributed by atoms with Gasteiger partial charge in [-0.1, -0.05) is 0 Å². The van der Waals surface area contributed by atoms with E-state index in [0.29, 0.717) is 26.2 Å². The number of rotatable bonds is 3. The van der Waals surface area contributed by atoms with Gasteiger partial charge in [-0.3, -0.25) is 4.57 Å². The molecule has 2 N–H and O–H groups in total. The van der Waals surface area contributed by atoms with Crippen molar-refractivity contribution < 1.29 is 9.47 Å². The molecule has 2 aromatic rings. The van der Waals surface area contributed by atoms with Crippen molar-refractivity contribution in [3.63, 3.8) is 0 Å². The third kappa shape index (κ3) is 1.91. The highest BCUT2D eigenvalue weighted by atomic mass is 16.6. The average molecular weight is 246 g/mol. The number of fused-ring (bicyclic) bond motifs is 1. The molecule has 6 heteroatoms. The van der Waals surface area contributed by atoms with E-state index in [1.165, 1.54) is 0 Å². The fourth-order valence-corrected chi connectivity index (χ4v) is 1.96. The number of hydrogen-bond acceptors (Lipinski definition) is 5. The first kappa shape index (κ1) is 11.0. The van der Waals surface area contributed by atoms with Crippen molar-refractivity contribution in [2.45, 2.75) is 6.42 Å².